The molecule has 1 aromatic rings. The van der Waals surface area contributed by atoms with Crippen LogP contribution in [0.3, 0.4) is 0 Å². The van der Waals surface area contributed by atoms with Gasteiger partial charge in [-0.3, -0.25) is 18.9 Å². The van der Waals surface area contributed by atoms with Crippen LogP contribution in [0.1, 0.15) is 18.2 Å². The van der Waals surface area contributed by atoms with Gasteiger partial charge in [-0.1, -0.05) is 0 Å². The van der Waals surface area contributed by atoms with Crippen LogP contribution < -0.4 is 17.0 Å². The summed E-state index contributed by atoms with van der Waals surface area (Å²) in [5, 5.41) is 10.1. The molecular weight excluding hydrogens is 355 g/mol. The maximum Gasteiger partial charge on any atom is 0.405 e. The van der Waals surface area contributed by atoms with Gasteiger partial charge in [0.2, 0.25) is 0 Å². The number of aromatic nitrogens is 2. The normalized spacial score (nSPS) is 26.1. The second-order valence-electron chi connectivity index (χ2n) is 5.87. The first-order valence-corrected chi connectivity index (χ1v) is 9.23. The molecule has 1 unspecified atom stereocenters. The predicted molar refractivity (Wildman–Crippen MR) is 88.1 cm³/mol. The minimum Gasteiger partial charge on any atom is -0.390 e. The third-order valence-corrected chi connectivity index (χ3v) is 5.50. The van der Waals surface area contributed by atoms with E-state index in [-0.39, 0.29) is 26.1 Å². The summed E-state index contributed by atoms with van der Waals surface area (Å²) in [5.74, 6) is 0. The molecule has 0 aliphatic carbocycles. The molecule has 1 saturated heterocycles. The lowest BCUT2D eigenvalue weighted by molar-refractivity contribution is -0.0441. The molecule has 2 heterocycles. The first-order chi connectivity index (χ1) is 11.7. The minimum atomic E-state index is -4.05. The van der Waals surface area contributed by atoms with E-state index in [9.17, 15) is 24.2 Å². The number of hydrogen-bond acceptors (Lipinski definition) is 7. The van der Waals surface area contributed by atoms with Crippen molar-refractivity contribution in [2.45, 2.75) is 31.8 Å². The Balaban J connectivity index is 2.05. The third kappa shape index (κ3) is 4.64. The highest BCUT2D eigenvalue weighted by atomic mass is 31.2. The number of ether oxygens (including phenoxy) is 1. The SMILES string of the molecule is Cc1cn([C@H]2C[C@H](O)[C@@H](COP(=O)(O)N(C)CCN)O2)c(=O)[nH]c1=O. The van der Waals surface area contributed by atoms with Crippen molar-refractivity contribution in [1.82, 2.24) is 14.2 Å². The summed E-state index contributed by atoms with van der Waals surface area (Å²) >= 11 is 0. The molecule has 0 saturated carbocycles. The molecule has 0 aromatic carbocycles. The molecule has 0 radical (unpaired) electrons. The first-order valence-electron chi connectivity index (χ1n) is 7.70. The number of aliphatic hydroxyl groups is 1. The number of H-pyrrole nitrogens is 1. The lowest BCUT2D eigenvalue weighted by atomic mass is 10.2. The van der Waals surface area contributed by atoms with E-state index < -0.39 is 37.4 Å². The van der Waals surface area contributed by atoms with Gasteiger partial charge in [-0.25, -0.2) is 14.0 Å². The van der Waals surface area contributed by atoms with Crippen LogP contribution >= 0.6 is 7.75 Å². The van der Waals surface area contributed by atoms with Crippen molar-refractivity contribution in [3.63, 3.8) is 0 Å². The zero-order valence-electron chi connectivity index (χ0n) is 14.0. The molecule has 2 rings (SSSR count). The number of nitrogens with one attached hydrogen (secondary N) is 1. The minimum absolute atomic E-state index is 0.0772. The summed E-state index contributed by atoms with van der Waals surface area (Å²) in [4.78, 5) is 35.3. The molecule has 0 spiro atoms. The summed E-state index contributed by atoms with van der Waals surface area (Å²) in [6.45, 7) is 1.55. The second kappa shape index (κ2) is 7.92. The van der Waals surface area contributed by atoms with Crippen molar-refractivity contribution in [2.75, 3.05) is 26.7 Å². The van der Waals surface area contributed by atoms with Gasteiger partial charge in [0.15, 0.2) is 0 Å². The van der Waals surface area contributed by atoms with Crippen LogP contribution in [0.15, 0.2) is 15.8 Å². The maximum atomic E-state index is 12.0. The van der Waals surface area contributed by atoms with E-state index in [1.807, 2.05) is 0 Å². The Morgan fingerprint density at radius 2 is 2.24 bits per heavy atom. The summed E-state index contributed by atoms with van der Waals surface area (Å²) in [6, 6.07) is 0. The fraction of sp³-hybridized carbons (Fsp3) is 0.692. The van der Waals surface area contributed by atoms with Gasteiger partial charge in [-0.15, -0.1) is 0 Å². The van der Waals surface area contributed by atoms with E-state index in [0.717, 1.165) is 4.67 Å². The van der Waals surface area contributed by atoms with Gasteiger partial charge in [0.25, 0.3) is 5.56 Å². The lowest BCUT2D eigenvalue weighted by Crippen LogP contribution is -2.33. The molecule has 1 aromatic heterocycles. The van der Waals surface area contributed by atoms with Crippen molar-refractivity contribution in [2.24, 2.45) is 5.73 Å². The van der Waals surface area contributed by atoms with Gasteiger partial charge in [0.05, 0.1) is 12.7 Å². The van der Waals surface area contributed by atoms with E-state index in [1.54, 1.807) is 0 Å². The van der Waals surface area contributed by atoms with Gasteiger partial charge >= 0.3 is 13.4 Å². The quantitative estimate of drug-likeness (QED) is 0.414. The summed E-state index contributed by atoms with van der Waals surface area (Å²) in [7, 11) is -2.65. The molecular formula is C13H23N4O7P. The van der Waals surface area contributed by atoms with Crippen molar-refractivity contribution in [1.29, 1.82) is 0 Å². The Hall–Kier alpha value is -1.33. The second-order valence-corrected chi connectivity index (χ2v) is 7.79. The zero-order chi connectivity index (χ0) is 18.8. The van der Waals surface area contributed by atoms with Gasteiger partial charge in [-0.2, -0.15) is 0 Å². The molecule has 0 bridgehead atoms. The van der Waals surface area contributed by atoms with Gasteiger partial charge < -0.3 is 20.5 Å². The molecule has 0 amide bonds. The summed E-state index contributed by atoms with van der Waals surface area (Å²) < 4.78 is 24.8. The van der Waals surface area contributed by atoms with Gasteiger partial charge in [-0.05, 0) is 14.0 Å². The number of nitrogens with two attached hydrogens (primary N) is 1. The van der Waals surface area contributed by atoms with Crippen molar-refractivity contribution in [3.8, 4) is 0 Å². The monoisotopic (exact) mass is 378 g/mol. The Morgan fingerprint density at radius 1 is 1.56 bits per heavy atom. The molecule has 11 nitrogen and oxygen atoms in total. The Kier molecular flexibility index (Phi) is 6.33. The maximum absolute atomic E-state index is 12.0. The van der Waals surface area contributed by atoms with E-state index in [2.05, 4.69) is 4.98 Å². The van der Waals surface area contributed by atoms with Crippen LogP contribution in [-0.4, -0.2) is 63.2 Å². The number of aliphatic hydroxyl groups excluding tert-OH is 1. The van der Waals surface area contributed by atoms with Crippen LogP contribution in [-0.2, 0) is 13.8 Å². The van der Waals surface area contributed by atoms with Crippen LogP contribution in [0.4, 0.5) is 0 Å². The van der Waals surface area contributed by atoms with E-state index in [1.165, 1.54) is 24.7 Å². The molecule has 1 fully saturated rings. The molecule has 12 heteroatoms. The van der Waals surface area contributed by atoms with E-state index in [4.69, 9.17) is 15.0 Å². The van der Waals surface area contributed by atoms with E-state index >= 15 is 0 Å². The average Bonchev–Trinajstić information content (AvgIpc) is 2.90. The standard InChI is InChI=1S/C13H23N4O7P/c1-8-6-17(13(20)15-12(8)19)11-5-9(18)10(24-11)7-23-25(21,22)16(2)4-3-14/h6,9-11,18H,3-5,7,14H2,1-2H3,(H,21,22)(H,15,19,20)/t9-,10+,11+/m0/s1. The van der Waals surface area contributed by atoms with Crippen LogP contribution in [0.5, 0.6) is 0 Å². The lowest BCUT2D eigenvalue weighted by Gasteiger charge is -2.24. The number of hydrogen-bond donors (Lipinski definition) is 4. The largest absolute Gasteiger partial charge is 0.405 e. The average molecular weight is 378 g/mol. The van der Waals surface area contributed by atoms with E-state index in [0.29, 0.717) is 5.56 Å². The number of likely N-dealkylation sites (N-methyl/N-ethyl adjacent to an activating group) is 1. The topological polar surface area (TPSA) is 160 Å². The Morgan fingerprint density at radius 3 is 2.88 bits per heavy atom. The third-order valence-electron chi connectivity index (χ3n) is 3.95. The molecule has 4 atom stereocenters. The zero-order valence-corrected chi connectivity index (χ0v) is 14.9. The van der Waals surface area contributed by atoms with Gasteiger partial charge in [0, 0.05) is 31.3 Å². The fourth-order valence-corrected chi connectivity index (χ4v) is 3.32. The Bertz CT molecular complexity index is 763. The smallest absolute Gasteiger partial charge is 0.390 e. The van der Waals surface area contributed by atoms with Crippen molar-refractivity contribution in [3.05, 3.63) is 32.6 Å². The van der Waals surface area contributed by atoms with Crippen LogP contribution in [0.2, 0.25) is 0 Å². The van der Waals surface area contributed by atoms with Crippen molar-refractivity contribution >= 4 is 7.75 Å². The molecule has 142 valence electrons. The Labute approximate surface area is 143 Å². The highest BCUT2D eigenvalue weighted by molar-refractivity contribution is 7.50. The molecule has 1 aliphatic heterocycles. The van der Waals surface area contributed by atoms with Crippen molar-refractivity contribution < 1.29 is 23.8 Å². The summed E-state index contributed by atoms with van der Waals surface area (Å²) in [6.07, 6.45) is -1.28. The van der Waals surface area contributed by atoms with Crippen LogP contribution in [0.25, 0.3) is 0 Å². The number of rotatable bonds is 7. The predicted octanol–water partition coefficient (Wildman–Crippen LogP) is -1.50. The number of nitrogens with zero attached hydrogens (tertiary/aromatic N) is 2. The summed E-state index contributed by atoms with van der Waals surface area (Å²) in [5.41, 5.74) is 4.50. The molecule has 25 heavy (non-hydrogen) atoms. The number of aryl methyl sites for hydroxylation is 1. The molecule has 1 aliphatic rings. The fourth-order valence-electron chi connectivity index (χ4n) is 2.42. The first kappa shape index (κ1) is 20.0. The highest BCUT2D eigenvalue weighted by Gasteiger charge is 2.38. The molecule has 5 N–H and O–H groups in total. The van der Waals surface area contributed by atoms with Gasteiger partial charge in [0.1, 0.15) is 12.3 Å². The van der Waals surface area contributed by atoms with Crippen LogP contribution in [0, 0.1) is 6.92 Å². The highest BCUT2D eigenvalue weighted by Crippen LogP contribution is 2.45. The number of aromatic amines is 1.